The second-order valence-corrected chi connectivity index (χ2v) is 4.38. The highest BCUT2D eigenvalue weighted by atomic mass is 16.5. The maximum Gasteiger partial charge on any atom is 0.343 e. The molecule has 2 aromatic rings. The number of nitrogens with one attached hydrogen (secondary N) is 1. The third kappa shape index (κ3) is 4.37. The number of esters is 1. The van der Waals surface area contributed by atoms with E-state index in [0.717, 1.165) is 0 Å². The van der Waals surface area contributed by atoms with Gasteiger partial charge >= 0.3 is 5.97 Å². The molecular formula is C17H17NO2. The average molecular weight is 267 g/mol. The van der Waals surface area contributed by atoms with Crippen molar-refractivity contribution in [2.45, 2.75) is 6.54 Å². The molecule has 0 aromatic heterocycles. The molecule has 2 aromatic carbocycles. The summed E-state index contributed by atoms with van der Waals surface area (Å²) in [6.45, 7) is 4.89. The van der Waals surface area contributed by atoms with Gasteiger partial charge in [0.2, 0.25) is 0 Å². The maximum atomic E-state index is 11.8. The lowest BCUT2D eigenvalue weighted by molar-refractivity contribution is 0.0619. The van der Waals surface area contributed by atoms with E-state index in [9.17, 15) is 4.79 Å². The van der Waals surface area contributed by atoms with Crippen molar-refractivity contribution in [3.8, 4) is 0 Å². The number of carbonyl (C=O) groups is 1. The van der Waals surface area contributed by atoms with E-state index in [1.165, 1.54) is 5.56 Å². The van der Waals surface area contributed by atoms with Crippen molar-refractivity contribution < 1.29 is 9.53 Å². The van der Waals surface area contributed by atoms with E-state index in [1.807, 2.05) is 36.4 Å². The summed E-state index contributed by atoms with van der Waals surface area (Å²) in [7, 11) is 0. The van der Waals surface area contributed by atoms with Gasteiger partial charge in [0.25, 0.3) is 0 Å². The molecule has 0 radical (unpaired) electrons. The number of benzene rings is 2. The van der Waals surface area contributed by atoms with E-state index in [4.69, 9.17) is 4.74 Å². The monoisotopic (exact) mass is 267 g/mol. The maximum absolute atomic E-state index is 11.8. The summed E-state index contributed by atoms with van der Waals surface area (Å²) in [6, 6.07) is 18.9. The van der Waals surface area contributed by atoms with Gasteiger partial charge in [0, 0.05) is 6.54 Å². The van der Waals surface area contributed by atoms with Gasteiger partial charge in [0.15, 0.2) is 0 Å². The molecule has 0 saturated carbocycles. The highest BCUT2D eigenvalue weighted by Gasteiger charge is 2.07. The summed E-state index contributed by atoms with van der Waals surface area (Å²) in [4.78, 5) is 11.8. The van der Waals surface area contributed by atoms with Crippen LogP contribution in [0.1, 0.15) is 15.9 Å². The first-order chi connectivity index (χ1) is 9.75. The van der Waals surface area contributed by atoms with Gasteiger partial charge in [-0.2, -0.15) is 0 Å². The van der Waals surface area contributed by atoms with Gasteiger partial charge < -0.3 is 10.1 Å². The Hall–Kier alpha value is -2.39. The van der Waals surface area contributed by atoms with Crippen LogP contribution < -0.4 is 5.32 Å². The first-order valence-corrected chi connectivity index (χ1v) is 6.45. The molecule has 0 aliphatic heterocycles. The van der Waals surface area contributed by atoms with Gasteiger partial charge in [-0.3, -0.25) is 0 Å². The van der Waals surface area contributed by atoms with Crippen LogP contribution in [-0.2, 0) is 11.3 Å². The van der Waals surface area contributed by atoms with Crippen molar-refractivity contribution >= 4 is 5.97 Å². The first-order valence-electron chi connectivity index (χ1n) is 6.45. The Morgan fingerprint density at radius 3 is 2.25 bits per heavy atom. The molecule has 1 N–H and O–H groups in total. The Bertz CT molecular complexity index is 564. The lowest BCUT2D eigenvalue weighted by atomic mass is 10.2. The zero-order valence-electron chi connectivity index (χ0n) is 11.2. The zero-order chi connectivity index (χ0) is 14.2. The molecule has 0 aliphatic rings. The van der Waals surface area contributed by atoms with Crippen LogP contribution in [0.4, 0.5) is 0 Å². The van der Waals surface area contributed by atoms with Gasteiger partial charge in [-0.15, -0.1) is 0 Å². The fraction of sp³-hybridized carbons (Fsp3) is 0.118. The van der Waals surface area contributed by atoms with Crippen molar-refractivity contribution in [2.75, 3.05) is 6.54 Å². The number of hydrogen-bond acceptors (Lipinski definition) is 3. The largest absolute Gasteiger partial charge is 0.427 e. The molecule has 0 saturated heterocycles. The van der Waals surface area contributed by atoms with Gasteiger partial charge in [-0.25, -0.2) is 4.79 Å². The second-order valence-electron chi connectivity index (χ2n) is 4.38. The summed E-state index contributed by atoms with van der Waals surface area (Å²) < 4.78 is 5.18. The average Bonchev–Trinajstić information content (AvgIpc) is 2.49. The topological polar surface area (TPSA) is 38.3 Å². The Labute approximate surface area is 118 Å². The second kappa shape index (κ2) is 7.26. The number of rotatable bonds is 6. The summed E-state index contributed by atoms with van der Waals surface area (Å²) in [5.41, 5.74) is 1.70. The van der Waals surface area contributed by atoms with Crippen LogP contribution in [-0.4, -0.2) is 12.5 Å². The van der Waals surface area contributed by atoms with Crippen LogP contribution in [0.3, 0.4) is 0 Å². The molecule has 0 bridgehead atoms. The minimum atomic E-state index is -0.378. The molecular weight excluding hydrogens is 250 g/mol. The molecule has 0 amide bonds. The van der Waals surface area contributed by atoms with E-state index in [-0.39, 0.29) is 5.97 Å². The van der Waals surface area contributed by atoms with E-state index < -0.39 is 0 Å². The third-order valence-electron chi connectivity index (χ3n) is 2.74. The van der Waals surface area contributed by atoms with E-state index >= 15 is 0 Å². The lowest BCUT2D eigenvalue weighted by Crippen LogP contribution is -2.19. The van der Waals surface area contributed by atoms with Crippen molar-refractivity contribution in [1.29, 1.82) is 0 Å². The Morgan fingerprint density at radius 1 is 1.00 bits per heavy atom. The SMILES string of the molecule is C=C(CNCc1ccccc1)OC(=O)c1ccccc1. The van der Waals surface area contributed by atoms with E-state index in [1.54, 1.807) is 24.3 Å². The fourth-order valence-electron chi connectivity index (χ4n) is 1.74. The van der Waals surface area contributed by atoms with Crippen LogP contribution in [0.25, 0.3) is 0 Å². The van der Waals surface area contributed by atoms with Gasteiger partial charge in [0.1, 0.15) is 5.76 Å². The number of carbonyl (C=O) groups excluding carboxylic acids is 1. The minimum absolute atomic E-state index is 0.378. The molecule has 20 heavy (non-hydrogen) atoms. The molecule has 2 rings (SSSR count). The molecule has 0 aliphatic carbocycles. The molecule has 0 fully saturated rings. The highest BCUT2D eigenvalue weighted by molar-refractivity contribution is 5.89. The number of hydrogen-bond donors (Lipinski definition) is 1. The Morgan fingerprint density at radius 2 is 1.60 bits per heavy atom. The number of ether oxygens (including phenoxy) is 1. The standard InChI is InChI=1S/C17H17NO2/c1-14(12-18-13-15-8-4-2-5-9-15)20-17(19)16-10-6-3-7-11-16/h2-11,18H,1,12-13H2. The first kappa shape index (κ1) is 14.0. The van der Waals surface area contributed by atoms with Crippen molar-refractivity contribution in [1.82, 2.24) is 5.32 Å². The quantitative estimate of drug-likeness (QED) is 0.645. The molecule has 0 atom stereocenters. The van der Waals surface area contributed by atoms with Gasteiger partial charge in [0.05, 0.1) is 12.1 Å². The van der Waals surface area contributed by atoms with Crippen molar-refractivity contribution in [3.63, 3.8) is 0 Å². The van der Waals surface area contributed by atoms with Crippen LogP contribution in [0.5, 0.6) is 0 Å². The summed E-state index contributed by atoms with van der Waals surface area (Å²) in [5.74, 6) is 0.0342. The van der Waals surface area contributed by atoms with Crippen LogP contribution >= 0.6 is 0 Å². The van der Waals surface area contributed by atoms with Crippen molar-refractivity contribution in [2.24, 2.45) is 0 Å². The smallest absolute Gasteiger partial charge is 0.343 e. The van der Waals surface area contributed by atoms with E-state index in [2.05, 4.69) is 11.9 Å². The predicted octanol–water partition coefficient (Wildman–Crippen LogP) is 3.15. The molecule has 102 valence electrons. The van der Waals surface area contributed by atoms with Crippen molar-refractivity contribution in [3.05, 3.63) is 84.1 Å². The lowest BCUT2D eigenvalue weighted by Gasteiger charge is -2.09. The van der Waals surface area contributed by atoms with E-state index in [0.29, 0.717) is 24.4 Å². The van der Waals surface area contributed by atoms with Crippen LogP contribution in [0.15, 0.2) is 73.0 Å². The summed E-state index contributed by atoms with van der Waals surface area (Å²) >= 11 is 0. The normalized spacial score (nSPS) is 10.0. The molecule has 0 unspecified atom stereocenters. The third-order valence-corrected chi connectivity index (χ3v) is 2.74. The highest BCUT2D eigenvalue weighted by Crippen LogP contribution is 2.05. The predicted molar refractivity (Wildman–Crippen MR) is 79.1 cm³/mol. The molecule has 3 heteroatoms. The Kier molecular flexibility index (Phi) is 5.09. The fourth-order valence-corrected chi connectivity index (χ4v) is 1.74. The Balaban J connectivity index is 1.74. The molecule has 0 heterocycles. The van der Waals surface area contributed by atoms with Crippen LogP contribution in [0.2, 0.25) is 0 Å². The van der Waals surface area contributed by atoms with Gasteiger partial charge in [-0.05, 0) is 17.7 Å². The zero-order valence-corrected chi connectivity index (χ0v) is 11.2. The van der Waals surface area contributed by atoms with Crippen LogP contribution in [0, 0.1) is 0 Å². The minimum Gasteiger partial charge on any atom is -0.427 e. The summed E-state index contributed by atoms with van der Waals surface area (Å²) in [6.07, 6.45) is 0. The summed E-state index contributed by atoms with van der Waals surface area (Å²) in [5, 5.41) is 3.18. The molecule has 3 nitrogen and oxygen atoms in total. The van der Waals surface area contributed by atoms with Gasteiger partial charge in [-0.1, -0.05) is 55.1 Å². The molecule has 0 spiro atoms.